The summed E-state index contributed by atoms with van der Waals surface area (Å²) in [6, 6.07) is 0. The van der Waals surface area contributed by atoms with Crippen LogP contribution in [0.4, 0.5) is 0 Å². The van der Waals surface area contributed by atoms with Crippen molar-refractivity contribution in [2.24, 2.45) is 5.73 Å². The lowest BCUT2D eigenvalue weighted by atomic mass is 9.98. The second-order valence-electron chi connectivity index (χ2n) is 4.20. The number of unbranched alkanes of at least 4 members (excludes halogenated alkanes) is 1. The van der Waals surface area contributed by atoms with Crippen LogP contribution in [0.3, 0.4) is 0 Å². The number of aliphatic hydroxyl groups excluding tert-OH is 1. The van der Waals surface area contributed by atoms with Crippen LogP contribution in [0.1, 0.15) is 31.2 Å². The number of hydrogen-bond acceptors (Lipinski definition) is 6. The Morgan fingerprint density at radius 3 is 2.75 bits per heavy atom. The molecule has 0 aliphatic carbocycles. The zero-order valence-electron chi connectivity index (χ0n) is 9.77. The molecule has 1 aromatic rings. The van der Waals surface area contributed by atoms with Gasteiger partial charge in [-0.25, -0.2) is 0 Å². The molecule has 92 valence electrons. The normalized spacial score (nSPS) is 15.0. The van der Waals surface area contributed by atoms with Gasteiger partial charge in [0.25, 0.3) is 0 Å². The van der Waals surface area contributed by atoms with Crippen molar-refractivity contribution in [2.75, 3.05) is 12.4 Å². The molecular formula is C10H19N3OS2. The summed E-state index contributed by atoms with van der Waals surface area (Å²) >= 11 is 3.37. The lowest BCUT2D eigenvalue weighted by Gasteiger charge is -2.20. The summed E-state index contributed by atoms with van der Waals surface area (Å²) in [5, 5.41) is 18.0. The highest BCUT2D eigenvalue weighted by Crippen LogP contribution is 2.23. The summed E-state index contributed by atoms with van der Waals surface area (Å²) in [6.45, 7) is 3.90. The van der Waals surface area contributed by atoms with E-state index >= 15 is 0 Å². The third kappa shape index (κ3) is 5.25. The van der Waals surface area contributed by atoms with Gasteiger partial charge in [-0.1, -0.05) is 29.5 Å². The van der Waals surface area contributed by atoms with Crippen LogP contribution in [0.25, 0.3) is 0 Å². The number of hydrogen-bond donors (Lipinski definition) is 2. The van der Waals surface area contributed by atoms with Gasteiger partial charge < -0.3 is 10.8 Å². The first-order valence-electron chi connectivity index (χ1n) is 5.36. The van der Waals surface area contributed by atoms with Crippen molar-refractivity contribution >= 4 is 23.1 Å². The fraction of sp³-hybridized carbons (Fsp3) is 0.800. The fourth-order valence-electron chi connectivity index (χ4n) is 1.21. The van der Waals surface area contributed by atoms with Crippen LogP contribution in [0, 0.1) is 6.92 Å². The van der Waals surface area contributed by atoms with Gasteiger partial charge in [-0.05, 0) is 26.7 Å². The highest BCUT2D eigenvalue weighted by atomic mass is 32.2. The SMILES string of the molecule is Cc1nnc(SCCCCC(C)(N)CO)s1. The summed E-state index contributed by atoms with van der Waals surface area (Å²) in [6.07, 6.45) is 2.99. The molecule has 0 amide bonds. The van der Waals surface area contributed by atoms with Crippen LogP contribution in [-0.2, 0) is 0 Å². The van der Waals surface area contributed by atoms with E-state index in [0.717, 1.165) is 34.4 Å². The molecule has 0 spiro atoms. The quantitative estimate of drug-likeness (QED) is 0.578. The number of aromatic nitrogens is 2. The van der Waals surface area contributed by atoms with Crippen molar-refractivity contribution in [3.63, 3.8) is 0 Å². The minimum atomic E-state index is -0.427. The standard InChI is InChI=1S/C10H19N3OS2/c1-8-12-13-9(16-8)15-6-4-3-5-10(2,11)7-14/h14H,3-7,11H2,1-2H3. The van der Waals surface area contributed by atoms with E-state index in [2.05, 4.69) is 10.2 Å². The molecule has 0 aliphatic heterocycles. The predicted molar refractivity (Wildman–Crippen MR) is 68.9 cm³/mol. The van der Waals surface area contributed by atoms with E-state index < -0.39 is 5.54 Å². The highest BCUT2D eigenvalue weighted by Gasteiger charge is 2.15. The van der Waals surface area contributed by atoms with Gasteiger partial charge in [0, 0.05) is 11.3 Å². The van der Waals surface area contributed by atoms with Crippen LogP contribution < -0.4 is 5.73 Å². The van der Waals surface area contributed by atoms with Crippen molar-refractivity contribution in [3.05, 3.63) is 5.01 Å². The lowest BCUT2D eigenvalue weighted by Crippen LogP contribution is -2.39. The Morgan fingerprint density at radius 1 is 1.44 bits per heavy atom. The predicted octanol–water partition coefficient (Wildman–Crippen LogP) is 1.82. The van der Waals surface area contributed by atoms with E-state index in [1.807, 2.05) is 13.8 Å². The number of aliphatic hydroxyl groups is 1. The largest absolute Gasteiger partial charge is 0.394 e. The third-order valence-corrected chi connectivity index (χ3v) is 4.29. The Balaban J connectivity index is 2.08. The average molecular weight is 261 g/mol. The molecule has 0 radical (unpaired) electrons. The van der Waals surface area contributed by atoms with Gasteiger partial charge in [0.15, 0.2) is 4.34 Å². The Morgan fingerprint density at radius 2 is 2.19 bits per heavy atom. The molecule has 1 atom stereocenters. The minimum Gasteiger partial charge on any atom is -0.394 e. The molecule has 1 heterocycles. The molecule has 0 aromatic carbocycles. The summed E-state index contributed by atoms with van der Waals surface area (Å²) in [4.78, 5) is 0. The summed E-state index contributed by atoms with van der Waals surface area (Å²) in [5.41, 5.74) is 5.41. The molecule has 1 rings (SSSR count). The Kier molecular flexibility index (Phi) is 5.68. The van der Waals surface area contributed by atoms with Crippen LogP contribution >= 0.6 is 23.1 Å². The maximum atomic E-state index is 8.98. The zero-order chi connectivity index (χ0) is 12.0. The Bertz CT molecular complexity index is 315. The zero-order valence-corrected chi connectivity index (χ0v) is 11.4. The van der Waals surface area contributed by atoms with E-state index in [-0.39, 0.29) is 6.61 Å². The monoisotopic (exact) mass is 261 g/mol. The molecule has 1 unspecified atom stereocenters. The van der Waals surface area contributed by atoms with E-state index in [0.29, 0.717) is 0 Å². The molecule has 0 saturated carbocycles. The molecule has 16 heavy (non-hydrogen) atoms. The van der Waals surface area contributed by atoms with Gasteiger partial charge >= 0.3 is 0 Å². The van der Waals surface area contributed by atoms with Gasteiger partial charge in [-0.3, -0.25) is 0 Å². The van der Waals surface area contributed by atoms with Crippen LogP contribution in [0.15, 0.2) is 4.34 Å². The fourth-order valence-corrected chi connectivity index (χ4v) is 3.09. The first kappa shape index (κ1) is 13.9. The van der Waals surface area contributed by atoms with Crippen LogP contribution in [0.5, 0.6) is 0 Å². The molecule has 6 heteroatoms. The maximum Gasteiger partial charge on any atom is 0.174 e. The second-order valence-corrected chi connectivity index (χ2v) is 6.73. The van der Waals surface area contributed by atoms with Gasteiger partial charge in [0.05, 0.1) is 6.61 Å². The third-order valence-electron chi connectivity index (χ3n) is 2.24. The lowest BCUT2D eigenvalue weighted by molar-refractivity contribution is 0.198. The van der Waals surface area contributed by atoms with Gasteiger partial charge in [0.2, 0.25) is 0 Å². The molecule has 1 aromatic heterocycles. The van der Waals surface area contributed by atoms with Crippen molar-refractivity contribution < 1.29 is 5.11 Å². The van der Waals surface area contributed by atoms with Crippen molar-refractivity contribution in [1.82, 2.24) is 10.2 Å². The molecular weight excluding hydrogens is 242 g/mol. The highest BCUT2D eigenvalue weighted by molar-refractivity contribution is 8.01. The topological polar surface area (TPSA) is 72.0 Å². The molecule has 0 aliphatic rings. The Labute approximate surface area is 105 Å². The molecule has 0 bridgehead atoms. The first-order chi connectivity index (χ1) is 7.53. The van der Waals surface area contributed by atoms with Crippen molar-refractivity contribution in [1.29, 1.82) is 0 Å². The molecule has 0 saturated heterocycles. The van der Waals surface area contributed by atoms with Crippen molar-refractivity contribution in [3.8, 4) is 0 Å². The van der Waals surface area contributed by atoms with Gasteiger partial charge in [-0.2, -0.15) is 0 Å². The number of nitrogens with zero attached hydrogens (tertiary/aromatic N) is 2. The maximum absolute atomic E-state index is 8.98. The molecule has 4 nitrogen and oxygen atoms in total. The summed E-state index contributed by atoms with van der Waals surface area (Å²) in [5.74, 6) is 1.04. The number of rotatable bonds is 7. The number of thioether (sulfide) groups is 1. The van der Waals surface area contributed by atoms with Gasteiger partial charge in [0.1, 0.15) is 5.01 Å². The van der Waals surface area contributed by atoms with Crippen molar-refractivity contribution in [2.45, 2.75) is 43.0 Å². The number of nitrogens with two attached hydrogens (primary N) is 1. The second kappa shape index (κ2) is 6.54. The van der Waals surface area contributed by atoms with E-state index in [1.165, 1.54) is 0 Å². The van der Waals surface area contributed by atoms with Crippen LogP contribution in [0.2, 0.25) is 0 Å². The van der Waals surface area contributed by atoms with E-state index in [4.69, 9.17) is 10.8 Å². The molecule has 3 N–H and O–H groups in total. The van der Waals surface area contributed by atoms with E-state index in [1.54, 1.807) is 23.1 Å². The smallest absolute Gasteiger partial charge is 0.174 e. The van der Waals surface area contributed by atoms with Gasteiger partial charge in [-0.15, -0.1) is 10.2 Å². The minimum absolute atomic E-state index is 0.0513. The summed E-state index contributed by atoms with van der Waals surface area (Å²) in [7, 11) is 0. The number of aryl methyl sites for hydroxylation is 1. The van der Waals surface area contributed by atoms with Crippen LogP contribution in [-0.4, -0.2) is 33.2 Å². The first-order valence-corrected chi connectivity index (χ1v) is 7.16. The van der Waals surface area contributed by atoms with E-state index in [9.17, 15) is 0 Å². The average Bonchev–Trinajstić information content (AvgIpc) is 2.64. The Hall–Kier alpha value is -0.170. The summed E-state index contributed by atoms with van der Waals surface area (Å²) < 4.78 is 1.04. The molecule has 0 fully saturated rings.